The topological polar surface area (TPSA) is 15.3 Å². The van der Waals surface area contributed by atoms with Gasteiger partial charge < -0.3 is 5.32 Å². The molecular formula is C16H25FN2. The number of unbranched alkanes of at least 4 members (excludes halogenated alkanes) is 1. The van der Waals surface area contributed by atoms with Crippen molar-refractivity contribution in [3.8, 4) is 0 Å². The van der Waals surface area contributed by atoms with Gasteiger partial charge in [-0.05, 0) is 30.5 Å². The second kappa shape index (κ2) is 7.01. The van der Waals surface area contributed by atoms with Gasteiger partial charge >= 0.3 is 0 Å². The first kappa shape index (κ1) is 14.5. The van der Waals surface area contributed by atoms with Gasteiger partial charge in [-0.2, -0.15) is 0 Å². The molecular weight excluding hydrogens is 239 g/mol. The molecule has 2 nitrogen and oxygen atoms in total. The molecule has 0 spiro atoms. The maximum absolute atomic E-state index is 13.4. The highest BCUT2D eigenvalue weighted by Gasteiger charge is 2.21. The fourth-order valence-corrected chi connectivity index (χ4v) is 2.83. The Bertz CT molecular complexity index is 400. The molecule has 0 bridgehead atoms. The van der Waals surface area contributed by atoms with Gasteiger partial charge in [-0.25, -0.2) is 4.39 Å². The summed E-state index contributed by atoms with van der Waals surface area (Å²) in [5.74, 6) is -0.0988. The highest BCUT2D eigenvalue weighted by molar-refractivity contribution is 5.26. The summed E-state index contributed by atoms with van der Waals surface area (Å²) in [5.41, 5.74) is 2.03. The van der Waals surface area contributed by atoms with Gasteiger partial charge in [-0.15, -0.1) is 0 Å². The molecule has 0 saturated carbocycles. The zero-order valence-corrected chi connectivity index (χ0v) is 12.1. The third-order valence-corrected chi connectivity index (χ3v) is 3.99. The van der Waals surface area contributed by atoms with Crippen molar-refractivity contribution < 1.29 is 4.39 Å². The normalized spacial score (nSPS) is 18.5. The molecule has 1 N–H and O–H groups in total. The molecule has 1 aromatic carbocycles. The van der Waals surface area contributed by atoms with Crippen molar-refractivity contribution >= 4 is 0 Å². The van der Waals surface area contributed by atoms with Crippen molar-refractivity contribution in [1.82, 2.24) is 10.2 Å². The van der Waals surface area contributed by atoms with Gasteiger partial charge in [0.05, 0.1) is 0 Å². The summed E-state index contributed by atoms with van der Waals surface area (Å²) in [6, 6.07) is 6.05. The number of hydrogen-bond donors (Lipinski definition) is 1. The Kier molecular flexibility index (Phi) is 5.34. The van der Waals surface area contributed by atoms with Crippen LogP contribution in [0.1, 0.15) is 43.4 Å². The first-order chi connectivity index (χ1) is 9.22. The fourth-order valence-electron chi connectivity index (χ4n) is 2.83. The Labute approximate surface area is 116 Å². The Balaban J connectivity index is 2.17. The standard InChI is InChI=1S/C16H25FN2/c1-3-4-5-16(19-10-8-18-9-11-19)14-6-7-15(17)13(2)12-14/h6-7,12,16,18H,3-5,8-11H2,1-2H3/t16-/m0/s1. The quantitative estimate of drug-likeness (QED) is 0.878. The van der Waals surface area contributed by atoms with Crippen LogP contribution >= 0.6 is 0 Å². The predicted molar refractivity (Wildman–Crippen MR) is 77.8 cm³/mol. The third kappa shape index (κ3) is 3.77. The summed E-state index contributed by atoms with van der Waals surface area (Å²) in [7, 11) is 0. The van der Waals surface area contributed by atoms with E-state index >= 15 is 0 Å². The molecule has 19 heavy (non-hydrogen) atoms. The van der Waals surface area contributed by atoms with Crippen LogP contribution in [-0.2, 0) is 0 Å². The minimum atomic E-state index is -0.0988. The molecule has 2 rings (SSSR count). The SMILES string of the molecule is CCCC[C@@H](c1ccc(F)c(C)c1)N1CCNCC1. The molecule has 106 valence electrons. The van der Waals surface area contributed by atoms with Crippen molar-refractivity contribution in [3.05, 3.63) is 35.1 Å². The summed E-state index contributed by atoms with van der Waals surface area (Å²) in [5, 5.41) is 3.40. The number of rotatable bonds is 5. The lowest BCUT2D eigenvalue weighted by molar-refractivity contribution is 0.163. The van der Waals surface area contributed by atoms with E-state index in [0.29, 0.717) is 6.04 Å². The Hall–Kier alpha value is -0.930. The maximum Gasteiger partial charge on any atom is 0.126 e. The van der Waals surface area contributed by atoms with Gasteiger partial charge in [-0.3, -0.25) is 4.90 Å². The van der Waals surface area contributed by atoms with Crippen LogP contribution in [0.3, 0.4) is 0 Å². The molecule has 1 fully saturated rings. The minimum absolute atomic E-state index is 0.0988. The van der Waals surface area contributed by atoms with E-state index in [9.17, 15) is 4.39 Å². The zero-order valence-electron chi connectivity index (χ0n) is 12.1. The lowest BCUT2D eigenvalue weighted by atomic mass is 9.97. The molecule has 1 aliphatic heterocycles. The molecule has 1 atom stereocenters. The highest BCUT2D eigenvalue weighted by Crippen LogP contribution is 2.28. The molecule has 0 amide bonds. The number of nitrogens with one attached hydrogen (secondary N) is 1. The van der Waals surface area contributed by atoms with Gasteiger partial charge in [-0.1, -0.05) is 31.9 Å². The van der Waals surface area contributed by atoms with E-state index in [1.54, 1.807) is 6.07 Å². The third-order valence-electron chi connectivity index (χ3n) is 3.99. The highest BCUT2D eigenvalue weighted by atomic mass is 19.1. The van der Waals surface area contributed by atoms with Crippen LogP contribution in [0.25, 0.3) is 0 Å². The molecule has 1 saturated heterocycles. The smallest absolute Gasteiger partial charge is 0.126 e. The average molecular weight is 264 g/mol. The monoisotopic (exact) mass is 264 g/mol. The molecule has 1 aliphatic rings. The summed E-state index contributed by atoms with van der Waals surface area (Å²) in [6.45, 7) is 8.37. The largest absolute Gasteiger partial charge is 0.314 e. The predicted octanol–water partition coefficient (Wildman–Crippen LogP) is 3.27. The van der Waals surface area contributed by atoms with Crippen molar-refractivity contribution in [2.75, 3.05) is 26.2 Å². The van der Waals surface area contributed by atoms with Crippen molar-refractivity contribution in [3.63, 3.8) is 0 Å². The van der Waals surface area contributed by atoms with Crippen LogP contribution in [0.2, 0.25) is 0 Å². The first-order valence-corrected chi connectivity index (χ1v) is 7.43. The summed E-state index contributed by atoms with van der Waals surface area (Å²) >= 11 is 0. The van der Waals surface area contributed by atoms with E-state index in [4.69, 9.17) is 0 Å². The number of halogens is 1. The van der Waals surface area contributed by atoms with Crippen molar-refractivity contribution in [2.45, 2.75) is 39.2 Å². The fraction of sp³-hybridized carbons (Fsp3) is 0.625. The molecule has 0 unspecified atom stereocenters. The van der Waals surface area contributed by atoms with E-state index in [1.165, 1.54) is 24.8 Å². The zero-order chi connectivity index (χ0) is 13.7. The molecule has 1 heterocycles. The summed E-state index contributed by atoms with van der Waals surface area (Å²) in [4.78, 5) is 2.54. The van der Waals surface area contributed by atoms with Crippen LogP contribution in [0, 0.1) is 12.7 Å². The number of aryl methyl sites for hydroxylation is 1. The van der Waals surface area contributed by atoms with E-state index in [-0.39, 0.29) is 5.82 Å². The summed E-state index contributed by atoms with van der Waals surface area (Å²) < 4.78 is 13.4. The van der Waals surface area contributed by atoms with Crippen molar-refractivity contribution in [2.24, 2.45) is 0 Å². The molecule has 1 aromatic rings. The maximum atomic E-state index is 13.4. The van der Waals surface area contributed by atoms with Crippen LogP contribution in [0.4, 0.5) is 4.39 Å². The van der Waals surface area contributed by atoms with Crippen LogP contribution in [-0.4, -0.2) is 31.1 Å². The van der Waals surface area contributed by atoms with E-state index < -0.39 is 0 Å². The number of benzene rings is 1. The first-order valence-electron chi connectivity index (χ1n) is 7.43. The molecule has 0 radical (unpaired) electrons. The molecule has 0 aromatic heterocycles. The second-order valence-corrected chi connectivity index (χ2v) is 5.45. The molecule has 3 heteroatoms. The van der Waals surface area contributed by atoms with E-state index in [2.05, 4.69) is 17.1 Å². The average Bonchev–Trinajstić information content (AvgIpc) is 2.44. The Morgan fingerprint density at radius 1 is 1.32 bits per heavy atom. The van der Waals surface area contributed by atoms with E-state index in [0.717, 1.165) is 31.7 Å². The number of nitrogens with zero attached hydrogens (tertiary/aromatic N) is 1. The second-order valence-electron chi connectivity index (χ2n) is 5.45. The van der Waals surface area contributed by atoms with Gasteiger partial charge in [0.2, 0.25) is 0 Å². The Morgan fingerprint density at radius 3 is 2.68 bits per heavy atom. The molecule has 0 aliphatic carbocycles. The van der Waals surface area contributed by atoms with Gasteiger partial charge in [0, 0.05) is 32.2 Å². The van der Waals surface area contributed by atoms with Crippen LogP contribution in [0.5, 0.6) is 0 Å². The minimum Gasteiger partial charge on any atom is -0.314 e. The van der Waals surface area contributed by atoms with Gasteiger partial charge in [0.25, 0.3) is 0 Å². The van der Waals surface area contributed by atoms with Gasteiger partial charge in [0.1, 0.15) is 5.82 Å². The lowest BCUT2D eigenvalue weighted by Crippen LogP contribution is -2.45. The lowest BCUT2D eigenvalue weighted by Gasteiger charge is -2.35. The van der Waals surface area contributed by atoms with Crippen LogP contribution < -0.4 is 5.32 Å². The van der Waals surface area contributed by atoms with Gasteiger partial charge in [0.15, 0.2) is 0 Å². The summed E-state index contributed by atoms with van der Waals surface area (Å²) in [6.07, 6.45) is 3.61. The van der Waals surface area contributed by atoms with E-state index in [1.807, 2.05) is 19.1 Å². The van der Waals surface area contributed by atoms with Crippen LogP contribution in [0.15, 0.2) is 18.2 Å². The Morgan fingerprint density at radius 2 is 2.05 bits per heavy atom. The number of piperazine rings is 1. The number of hydrogen-bond acceptors (Lipinski definition) is 2. The van der Waals surface area contributed by atoms with Crippen molar-refractivity contribution in [1.29, 1.82) is 0 Å².